The zero-order valence-corrected chi connectivity index (χ0v) is 19.2. The summed E-state index contributed by atoms with van der Waals surface area (Å²) < 4.78 is 4.85. The Labute approximate surface area is 189 Å². The van der Waals surface area contributed by atoms with Gasteiger partial charge in [-0.2, -0.15) is 5.10 Å². The number of nitrogens with zero attached hydrogens (tertiary/aromatic N) is 4. The highest BCUT2D eigenvalue weighted by molar-refractivity contribution is 6.32. The summed E-state index contributed by atoms with van der Waals surface area (Å²) in [6.07, 6.45) is 5.11. The van der Waals surface area contributed by atoms with Crippen LogP contribution >= 0.6 is 0 Å². The zero-order valence-electron chi connectivity index (χ0n) is 19.2. The summed E-state index contributed by atoms with van der Waals surface area (Å²) in [7, 11) is 4.26. The molecule has 1 aliphatic carbocycles. The van der Waals surface area contributed by atoms with Crippen molar-refractivity contribution in [2.45, 2.75) is 43.7 Å². The number of urea groups is 1. The molecular weight excluding hydrogens is 408 g/mol. The van der Waals surface area contributed by atoms with E-state index in [1.54, 1.807) is 11.8 Å². The Kier molecular flexibility index (Phi) is 7.50. The van der Waals surface area contributed by atoms with Crippen LogP contribution in [0.2, 0.25) is 0 Å². The van der Waals surface area contributed by atoms with Gasteiger partial charge < -0.3 is 20.8 Å². The summed E-state index contributed by atoms with van der Waals surface area (Å²) in [5, 5.41) is 6.96. The highest BCUT2D eigenvalue weighted by atomic mass is 16.5. The van der Waals surface area contributed by atoms with E-state index in [-0.39, 0.29) is 30.2 Å². The maximum atomic E-state index is 12.7. The first kappa shape index (κ1) is 23.7. The molecule has 32 heavy (non-hydrogen) atoms. The van der Waals surface area contributed by atoms with Gasteiger partial charge >= 0.3 is 12.0 Å². The van der Waals surface area contributed by atoms with Crippen LogP contribution in [0.1, 0.15) is 38.2 Å². The van der Waals surface area contributed by atoms with Gasteiger partial charge in [-0.3, -0.25) is 14.7 Å². The van der Waals surface area contributed by atoms with E-state index in [1.165, 1.54) is 11.8 Å². The minimum Gasteiger partial charge on any atom is -0.465 e. The largest absolute Gasteiger partial charge is 0.465 e. The second kappa shape index (κ2) is 10.1. The number of benzene rings is 1. The number of nitrogens with one attached hydrogen (secondary N) is 1. The van der Waals surface area contributed by atoms with Crippen molar-refractivity contribution in [3.05, 3.63) is 35.9 Å². The van der Waals surface area contributed by atoms with E-state index < -0.39 is 5.97 Å². The van der Waals surface area contributed by atoms with Gasteiger partial charge in [-0.05, 0) is 52.3 Å². The number of aliphatic imine (C=N–C) groups is 1. The maximum absolute atomic E-state index is 12.7. The lowest BCUT2D eigenvalue weighted by molar-refractivity contribution is -0.141. The van der Waals surface area contributed by atoms with Gasteiger partial charge in [-0.25, -0.2) is 4.79 Å². The van der Waals surface area contributed by atoms with Crippen LogP contribution in [0.15, 0.2) is 40.4 Å². The molecule has 3 N–H and O–H groups in total. The quantitative estimate of drug-likeness (QED) is 0.276. The summed E-state index contributed by atoms with van der Waals surface area (Å²) >= 11 is 0. The average molecular weight is 443 g/mol. The first-order chi connectivity index (χ1) is 15.3. The van der Waals surface area contributed by atoms with Gasteiger partial charge in [0, 0.05) is 18.3 Å². The molecule has 9 nitrogen and oxygen atoms in total. The summed E-state index contributed by atoms with van der Waals surface area (Å²) in [6, 6.07) is 10.5. The van der Waals surface area contributed by atoms with Crippen molar-refractivity contribution in [2.24, 2.45) is 15.9 Å². The number of carbonyl (C=O) groups excluding carboxylic acids is 2. The molecule has 1 saturated carbocycles. The second-order valence-corrected chi connectivity index (χ2v) is 8.75. The van der Waals surface area contributed by atoms with Crippen molar-refractivity contribution in [1.82, 2.24) is 15.1 Å². The van der Waals surface area contributed by atoms with Gasteiger partial charge in [0.15, 0.2) is 0 Å². The van der Waals surface area contributed by atoms with Crippen molar-refractivity contribution in [3.63, 3.8) is 0 Å². The third kappa shape index (κ3) is 5.09. The molecule has 0 aromatic heterocycles. The SMILES string of the molecule is CCOC(=O)CN=CC(CN1CC2(CCC(c3ccccc3)(N(C)C)CC2)NC1=O)=NN. The van der Waals surface area contributed by atoms with Gasteiger partial charge in [0.2, 0.25) is 0 Å². The number of hydrazone groups is 1. The van der Waals surface area contributed by atoms with Crippen LogP contribution in [0.25, 0.3) is 0 Å². The summed E-state index contributed by atoms with van der Waals surface area (Å²) in [5.74, 6) is 5.08. The summed E-state index contributed by atoms with van der Waals surface area (Å²) in [6.45, 7) is 2.78. The van der Waals surface area contributed by atoms with E-state index >= 15 is 0 Å². The molecule has 1 aromatic rings. The maximum Gasteiger partial charge on any atom is 0.327 e. The molecule has 2 fully saturated rings. The lowest BCUT2D eigenvalue weighted by atomic mass is 9.69. The smallest absolute Gasteiger partial charge is 0.327 e. The molecule has 0 radical (unpaired) electrons. The van der Waals surface area contributed by atoms with Crippen LogP contribution < -0.4 is 11.2 Å². The minimum absolute atomic E-state index is 0.0334. The third-order valence-corrected chi connectivity index (χ3v) is 6.64. The summed E-state index contributed by atoms with van der Waals surface area (Å²) in [5.41, 5.74) is 1.46. The fourth-order valence-corrected chi connectivity index (χ4v) is 4.82. The van der Waals surface area contributed by atoms with Crippen molar-refractivity contribution < 1.29 is 14.3 Å². The summed E-state index contributed by atoms with van der Waals surface area (Å²) in [4.78, 5) is 32.2. The molecule has 3 rings (SSSR count). The Balaban J connectivity index is 1.63. The molecule has 2 amide bonds. The van der Waals surface area contributed by atoms with E-state index in [0.29, 0.717) is 18.9 Å². The van der Waals surface area contributed by atoms with Crippen molar-refractivity contribution in [1.29, 1.82) is 0 Å². The normalized spacial score (nSPS) is 26.2. The fourth-order valence-electron chi connectivity index (χ4n) is 4.82. The lowest BCUT2D eigenvalue weighted by Crippen LogP contribution is -2.54. The Hall–Kier alpha value is -2.94. The van der Waals surface area contributed by atoms with Crippen LogP contribution in [0.3, 0.4) is 0 Å². The van der Waals surface area contributed by atoms with Gasteiger partial charge in [0.1, 0.15) is 6.54 Å². The van der Waals surface area contributed by atoms with Crippen LogP contribution in [0.4, 0.5) is 4.79 Å². The topological polar surface area (TPSA) is 113 Å². The Morgan fingerprint density at radius 2 is 1.94 bits per heavy atom. The Morgan fingerprint density at radius 1 is 1.25 bits per heavy atom. The monoisotopic (exact) mass is 442 g/mol. The van der Waals surface area contributed by atoms with E-state index in [0.717, 1.165) is 25.7 Å². The molecular formula is C23H34N6O3. The van der Waals surface area contributed by atoms with Crippen LogP contribution in [-0.2, 0) is 15.1 Å². The number of rotatable bonds is 8. The van der Waals surface area contributed by atoms with E-state index in [4.69, 9.17) is 10.6 Å². The Bertz CT molecular complexity index is 860. The predicted molar refractivity (Wildman–Crippen MR) is 125 cm³/mol. The van der Waals surface area contributed by atoms with Crippen molar-refractivity contribution in [3.8, 4) is 0 Å². The van der Waals surface area contributed by atoms with Crippen molar-refractivity contribution >= 4 is 23.9 Å². The highest BCUT2D eigenvalue weighted by Crippen LogP contribution is 2.45. The molecule has 1 heterocycles. The zero-order chi connectivity index (χ0) is 23.2. The van der Waals surface area contributed by atoms with E-state index in [1.807, 2.05) is 6.07 Å². The van der Waals surface area contributed by atoms with Crippen LogP contribution in [0.5, 0.6) is 0 Å². The standard InChI is InChI=1S/C23H34N6O3/c1-4-32-20(30)15-25-14-19(27-24)16-29-17-22(26-21(29)31)10-12-23(13-11-22,28(2)3)18-8-6-5-7-9-18/h5-9,14H,4,10-13,15-17,24H2,1-3H3,(H,26,31). The molecule has 0 unspecified atom stereocenters. The van der Waals surface area contributed by atoms with Gasteiger partial charge in [-0.15, -0.1) is 0 Å². The van der Waals surface area contributed by atoms with Gasteiger partial charge in [0.25, 0.3) is 0 Å². The Morgan fingerprint density at radius 3 is 2.53 bits per heavy atom. The molecule has 1 saturated heterocycles. The molecule has 174 valence electrons. The molecule has 1 aliphatic heterocycles. The number of ether oxygens (including phenoxy) is 1. The first-order valence-corrected chi connectivity index (χ1v) is 11.1. The number of esters is 1. The molecule has 0 atom stereocenters. The van der Waals surface area contributed by atoms with Crippen LogP contribution in [-0.4, -0.2) is 79.6 Å². The predicted octanol–water partition coefficient (Wildman–Crippen LogP) is 1.73. The fraction of sp³-hybridized carbons (Fsp3) is 0.565. The van der Waals surface area contributed by atoms with Crippen molar-refractivity contribution in [2.75, 3.05) is 40.3 Å². The molecule has 9 heteroatoms. The number of hydrogen-bond donors (Lipinski definition) is 2. The number of hydrogen-bond acceptors (Lipinski definition) is 7. The van der Waals surface area contributed by atoms with Gasteiger partial charge in [-0.1, -0.05) is 30.3 Å². The molecule has 1 spiro atoms. The average Bonchev–Trinajstić information content (AvgIpc) is 3.08. The number of nitrogens with two attached hydrogens (primary N) is 1. The number of amides is 2. The van der Waals surface area contributed by atoms with Crippen LogP contribution in [0, 0.1) is 0 Å². The second-order valence-electron chi connectivity index (χ2n) is 8.75. The van der Waals surface area contributed by atoms with E-state index in [2.05, 4.69) is 58.7 Å². The third-order valence-electron chi connectivity index (χ3n) is 6.64. The number of carbonyl (C=O) groups is 2. The van der Waals surface area contributed by atoms with E-state index in [9.17, 15) is 9.59 Å². The minimum atomic E-state index is -0.414. The van der Waals surface area contributed by atoms with Gasteiger partial charge in [0.05, 0.1) is 24.4 Å². The molecule has 2 aliphatic rings. The first-order valence-electron chi connectivity index (χ1n) is 11.1. The molecule has 1 aromatic carbocycles. The molecule has 0 bridgehead atoms. The highest BCUT2D eigenvalue weighted by Gasteiger charge is 2.50. The lowest BCUT2D eigenvalue weighted by Gasteiger charge is -2.48.